The molecule has 3 nitrogen and oxygen atoms in total. The van der Waals surface area contributed by atoms with E-state index < -0.39 is 17.8 Å². The van der Waals surface area contributed by atoms with Crippen molar-refractivity contribution < 1.29 is 20.0 Å². The van der Waals surface area contributed by atoms with Crippen molar-refractivity contribution in [1.82, 2.24) is 0 Å². The molecule has 4 heteroatoms. The van der Waals surface area contributed by atoms with Crippen LogP contribution < -0.4 is 10.8 Å². The highest BCUT2D eigenvalue weighted by Gasteiger charge is 2.11. The molecule has 3 N–H and O–H groups in total. The Bertz CT molecular complexity index is 318. The van der Waals surface area contributed by atoms with Crippen LogP contribution in [0.5, 0.6) is 0 Å². The third kappa shape index (κ3) is 2.26. The summed E-state index contributed by atoms with van der Waals surface area (Å²) in [6.07, 6.45) is 0. The lowest BCUT2D eigenvalue weighted by atomic mass is 10.1. The smallest absolute Gasteiger partial charge is 0.150 e. The third-order valence-corrected chi connectivity index (χ3v) is 1.75. The fourth-order valence-electron chi connectivity index (χ4n) is 1.10. The molecule has 0 fully saturated rings. The van der Waals surface area contributed by atoms with Crippen LogP contribution in [0.4, 0.5) is 4.39 Å². The fourth-order valence-corrected chi connectivity index (χ4v) is 1.10. The molecule has 70 valence electrons. The summed E-state index contributed by atoms with van der Waals surface area (Å²) in [6, 6.07) is 3.04. The number of aliphatic carboxylic acids is 1. The van der Waals surface area contributed by atoms with Gasteiger partial charge in [-0.15, -0.1) is 0 Å². The molecule has 0 heterocycles. The number of carboxylic acids is 1. The number of quaternary nitrogens is 1. The maximum absolute atomic E-state index is 12.8. The lowest BCUT2D eigenvalue weighted by Crippen LogP contribution is -2.61. The van der Waals surface area contributed by atoms with E-state index in [1.165, 1.54) is 6.07 Å². The fraction of sp³-hybridized carbons (Fsp3) is 0.222. The minimum absolute atomic E-state index is 0.331. The van der Waals surface area contributed by atoms with Crippen LogP contribution in [0.3, 0.4) is 0 Å². The molecule has 0 bridgehead atoms. The predicted molar refractivity (Wildman–Crippen MR) is 41.8 cm³/mol. The number of rotatable bonds is 2. The molecule has 0 aliphatic heterocycles. The van der Waals surface area contributed by atoms with Crippen LogP contribution in [0.2, 0.25) is 0 Å². The molecule has 0 radical (unpaired) electrons. The van der Waals surface area contributed by atoms with Gasteiger partial charge in [-0.25, -0.2) is 4.39 Å². The number of halogens is 1. The van der Waals surface area contributed by atoms with Crippen LogP contribution >= 0.6 is 0 Å². The van der Waals surface area contributed by atoms with Gasteiger partial charge < -0.3 is 15.6 Å². The van der Waals surface area contributed by atoms with Crippen LogP contribution in [0, 0.1) is 12.7 Å². The largest absolute Gasteiger partial charge is 0.544 e. The van der Waals surface area contributed by atoms with E-state index in [1.54, 1.807) is 13.0 Å². The highest BCUT2D eigenvalue weighted by molar-refractivity contribution is 5.71. The summed E-state index contributed by atoms with van der Waals surface area (Å²) >= 11 is 0. The highest BCUT2D eigenvalue weighted by Crippen LogP contribution is 2.12. The summed E-state index contributed by atoms with van der Waals surface area (Å²) < 4.78 is 12.8. The van der Waals surface area contributed by atoms with Gasteiger partial charge in [0.1, 0.15) is 11.8 Å². The molecule has 1 aromatic rings. The zero-order chi connectivity index (χ0) is 10.0. The Kier molecular flexibility index (Phi) is 2.63. The summed E-state index contributed by atoms with van der Waals surface area (Å²) in [5.41, 5.74) is 4.36. The van der Waals surface area contributed by atoms with Crippen molar-refractivity contribution in [2.75, 3.05) is 0 Å². The quantitative estimate of drug-likeness (QED) is 0.650. The third-order valence-electron chi connectivity index (χ3n) is 1.75. The van der Waals surface area contributed by atoms with Gasteiger partial charge in [0.05, 0.1) is 0 Å². The van der Waals surface area contributed by atoms with Crippen molar-refractivity contribution in [3.63, 3.8) is 0 Å². The molecular formula is C9H10FNO2. The second-order valence-electron chi connectivity index (χ2n) is 2.93. The summed E-state index contributed by atoms with van der Waals surface area (Å²) in [4.78, 5) is 10.4. The first-order chi connectivity index (χ1) is 6.00. The summed E-state index contributed by atoms with van der Waals surface area (Å²) in [7, 11) is 0. The van der Waals surface area contributed by atoms with E-state index >= 15 is 0 Å². The number of carboxylic acid groups (broad SMARTS) is 1. The maximum Gasteiger partial charge on any atom is 0.150 e. The van der Waals surface area contributed by atoms with Gasteiger partial charge in [-0.05, 0) is 30.7 Å². The van der Waals surface area contributed by atoms with Gasteiger partial charge in [0, 0.05) is 5.56 Å². The average Bonchev–Trinajstić information content (AvgIpc) is 2.01. The Morgan fingerprint density at radius 2 is 2.15 bits per heavy atom. The molecule has 13 heavy (non-hydrogen) atoms. The van der Waals surface area contributed by atoms with E-state index in [0.29, 0.717) is 11.1 Å². The standard InChI is InChI=1S/C9H10FNO2/c1-5-2-6(4-7(10)3-5)8(11)9(12)13/h2-4,8H,11H2,1H3,(H,12,13)/t8-/m1/s1. The average molecular weight is 183 g/mol. The van der Waals surface area contributed by atoms with E-state index in [0.717, 1.165) is 6.07 Å². The first kappa shape index (κ1) is 9.67. The number of benzene rings is 1. The molecule has 1 aromatic carbocycles. The Balaban J connectivity index is 3.07. The van der Waals surface area contributed by atoms with E-state index in [4.69, 9.17) is 0 Å². The first-order valence-electron chi connectivity index (χ1n) is 3.81. The lowest BCUT2D eigenvalue weighted by molar-refractivity contribution is -0.443. The van der Waals surface area contributed by atoms with Crippen LogP contribution in [0.1, 0.15) is 17.2 Å². The number of carbonyl (C=O) groups excluding carboxylic acids is 1. The van der Waals surface area contributed by atoms with Crippen molar-refractivity contribution >= 4 is 5.97 Å². The van der Waals surface area contributed by atoms with Gasteiger partial charge in [0.25, 0.3) is 0 Å². The Hall–Kier alpha value is -1.42. The Labute approximate surface area is 75.0 Å². The maximum atomic E-state index is 12.8. The number of aryl methyl sites for hydroxylation is 1. The molecule has 0 aliphatic carbocycles. The topological polar surface area (TPSA) is 67.8 Å². The van der Waals surface area contributed by atoms with Crippen LogP contribution in [0.25, 0.3) is 0 Å². The SMILES string of the molecule is Cc1cc(F)cc([C@@H]([NH3+])C(=O)[O-])c1. The van der Waals surface area contributed by atoms with Gasteiger partial charge in [-0.3, -0.25) is 0 Å². The van der Waals surface area contributed by atoms with Gasteiger partial charge in [-0.1, -0.05) is 0 Å². The van der Waals surface area contributed by atoms with Crippen molar-refractivity contribution in [1.29, 1.82) is 0 Å². The molecule has 0 saturated carbocycles. The zero-order valence-electron chi connectivity index (χ0n) is 7.21. The number of hydrogen-bond acceptors (Lipinski definition) is 2. The van der Waals surface area contributed by atoms with Crippen molar-refractivity contribution in [2.24, 2.45) is 0 Å². The van der Waals surface area contributed by atoms with Gasteiger partial charge >= 0.3 is 0 Å². The monoisotopic (exact) mass is 183 g/mol. The first-order valence-corrected chi connectivity index (χ1v) is 3.81. The molecule has 0 aliphatic rings. The highest BCUT2D eigenvalue weighted by atomic mass is 19.1. The van der Waals surface area contributed by atoms with Gasteiger partial charge in [0.2, 0.25) is 0 Å². The van der Waals surface area contributed by atoms with Crippen molar-refractivity contribution in [3.8, 4) is 0 Å². The normalized spacial score (nSPS) is 12.5. The van der Waals surface area contributed by atoms with E-state index in [9.17, 15) is 14.3 Å². The van der Waals surface area contributed by atoms with E-state index in [1.807, 2.05) is 0 Å². The summed E-state index contributed by atoms with van der Waals surface area (Å²) in [5, 5.41) is 10.4. The van der Waals surface area contributed by atoms with Crippen LogP contribution in [-0.2, 0) is 4.79 Å². The lowest BCUT2D eigenvalue weighted by Gasteiger charge is -2.10. The minimum Gasteiger partial charge on any atom is -0.544 e. The molecule has 0 unspecified atom stereocenters. The van der Waals surface area contributed by atoms with Crippen molar-refractivity contribution in [2.45, 2.75) is 13.0 Å². The zero-order valence-corrected chi connectivity index (χ0v) is 7.21. The van der Waals surface area contributed by atoms with Crippen LogP contribution in [0.15, 0.2) is 18.2 Å². The molecule has 0 amide bonds. The van der Waals surface area contributed by atoms with Crippen molar-refractivity contribution in [3.05, 3.63) is 35.1 Å². The number of hydrogen-bond donors (Lipinski definition) is 1. The minimum atomic E-state index is -1.30. The summed E-state index contributed by atoms with van der Waals surface area (Å²) in [5.74, 6) is -1.75. The second kappa shape index (κ2) is 3.53. The molecule has 0 aromatic heterocycles. The molecule has 1 atom stereocenters. The second-order valence-corrected chi connectivity index (χ2v) is 2.93. The molecule has 1 rings (SSSR count). The summed E-state index contributed by atoms with van der Waals surface area (Å²) in [6.45, 7) is 1.69. The molecular weight excluding hydrogens is 173 g/mol. The molecule has 0 spiro atoms. The van der Waals surface area contributed by atoms with Crippen LogP contribution in [-0.4, -0.2) is 5.97 Å². The van der Waals surface area contributed by atoms with E-state index in [2.05, 4.69) is 5.73 Å². The van der Waals surface area contributed by atoms with Gasteiger partial charge in [-0.2, -0.15) is 0 Å². The Morgan fingerprint density at radius 3 is 2.62 bits per heavy atom. The molecule has 0 saturated heterocycles. The van der Waals surface area contributed by atoms with Gasteiger partial charge in [0.15, 0.2) is 6.04 Å². The van der Waals surface area contributed by atoms with E-state index in [-0.39, 0.29) is 0 Å². The Morgan fingerprint density at radius 1 is 1.54 bits per heavy atom. The predicted octanol–water partition coefficient (Wildman–Crippen LogP) is -0.833. The number of carbonyl (C=O) groups is 1.